The van der Waals surface area contributed by atoms with E-state index in [1.165, 1.54) is 57.2 Å². The van der Waals surface area contributed by atoms with Crippen LogP contribution in [0.4, 0.5) is 0 Å². The molecule has 43 nitrogen and oxygen atoms in total. The second-order valence-corrected chi connectivity index (χ2v) is 33.8. The summed E-state index contributed by atoms with van der Waals surface area (Å²) < 4.78 is 0. The zero-order valence-corrected chi connectivity index (χ0v) is 74.6. The molecule has 3 aliphatic heterocycles. The van der Waals surface area contributed by atoms with E-state index in [1.54, 1.807) is 60.9 Å². The van der Waals surface area contributed by atoms with Crippen molar-refractivity contribution in [3.63, 3.8) is 0 Å². The fraction of sp³-hybridized carbons (Fsp3) is 0.535. The van der Waals surface area contributed by atoms with Gasteiger partial charge in [-0.05, 0) is 106 Å². The number of hydrogen-bond acceptors (Lipinski definition) is 24. The summed E-state index contributed by atoms with van der Waals surface area (Å²) in [5, 5.41) is 48.8. The molecule has 18 amide bonds. The van der Waals surface area contributed by atoms with Gasteiger partial charge in [-0.25, -0.2) is 0 Å². The van der Waals surface area contributed by atoms with Gasteiger partial charge >= 0.3 is 0 Å². The van der Waals surface area contributed by atoms with Crippen LogP contribution in [0.5, 0.6) is 5.75 Å². The summed E-state index contributed by atoms with van der Waals surface area (Å²) in [5.41, 5.74) is 37.8. The minimum Gasteiger partial charge on any atom is -0.508 e. The van der Waals surface area contributed by atoms with Crippen molar-refractivity contribution in [2.24, 2.45) is 34.4 Å². The fourth-order valence-corrected chi connectivity index (χ4v) is 16.8. The molecule has 130 heavy (non-hydrogen) atoms. The number of nitrogens with zero attached hydrogens (tertiary/aromatic N) is 5. The number of carbonyl (C=O) groups excluding carboxylic acids is 18. The number of thioether (sulfide) groups is 1. The number of rotatable bonds is 25. The average Bonchev–Trinajstić information content (AvgIpc) is 1.59. The average molecular weight is 1830 g/mol. The molecule has 0 radical (unpaired) electrons. The monoisotopic (exact) mass is 1830 g/mol. The molecule has 3 saturated heterocycles. The van der Waals surface area contributed by atoms with Gasteiger partial charge < -0.3 is 132 Å². The Morgan fingerprint density at radius 3 is 1.58 bits per heavy atom. The Morgan fingerprint density at radius 2 is 0.992 bits per heavy atom. The van der Waals surface area contributed by atoms with Crippen LogP contribution in [0.25, 0.3) is 21.8 Å². The van der Waals surface area contributed by atoms with Gasteiger partial charge in [0.2, 0.25) is 106 Å². The third-order valence-corrected chi connectivity index (χ3v) is 24.3. The number of para-hydroxylation sites is 2. The van der Waals surface area contributed by atoms with E-state index in [4.69, 9.17) is 34.4 Å². The number of phenolic OH excluding ortho intramolecular Hbond substituents is 1. The molecule has 2 aromatic heterocycles. The highest BCUT2D eigenvalue weighted by Crippen LogP contribution is 2.28. The van der Waals surface area contributed by atoms with Crippen LogP contribution < -0.4 is 87.6 Å². The lowest BCUT2D eigenvalue weighted by molar-refractivity contribution is -0.149. The van der Waals surface area contributed by atoms with Gasteiger partial charge in [-0.3, -0.25) is 86.3 Å². The lowest BCUT2D eigenvalue weighted by atomic mass is 9.99. The van der Waals surface area contributed by atoms with Crippen molar-refractivity contribution < 1.29 is 96.5 Å². The number of primary amides is 3. The summed E-state index contributed by atoms with van der Waals surface area (Å²) in [5.74, 6) is -18.4. The summed E-state index contributed by atoms with van der Waals surface area (Å²) in [6.07, 6.45) is -0.0758. The number of carbonyl (C=O) groups is 18. The molecule has 3 aliphatic rings. The number of likely N-dealkylation sites (N-methyl/N-ethyl adjacent to an activating group) is 3. The van der Waals surface area contributed by atoms with Crippen LogP contribution in [0.2, 0.25) is 0 Å². The first-order valence-corrected chi connectivity index (χ1v) is 44.6. The first-order chi connectivity index (χ1) is 61.9. The molecular weight excluding hydrogens is 1710 g/mol. The van der Waals surface area contributed by atoms with E-state index >= 15 is 33.6 Å². The minimum absolute atomic E-state index is 0.00482. The second kappa shape index (κ2) is 49.1. The van der Waals surface area contributed by atoms with Crippen molar-refractivity contribution >= 4 is 140 Å². The summed E-state index contributed by atoms with van der Waals surface area (Å²) in [6, 6.07) is -2.27. The van der Waals surface area contributed by atoms with E-state index in [-0.39, 0.29) is 83.2 Å². The van der Waals surface area contributed by atoms with Gasteiger partial charge in [-0.2, -0.15) is 0 Å². The number of nitrogens with one attached hydrogen (secondary N) is 12. The van der Waals surface area contributed by atoms with Crippen LogP contribution in [0, 0.1) is 0 Å². The number of aliphatic hydroxyl groups is 1. The molecule has 3 aromatic carbocycles. The summed E-state index contributed by atoms with van der Waals surface area (Å²) in [7, 11) is 3.92. The molecule has 5 heterocycles. The number of nitrogens with two attached hydrogens (primary N) is 6. The van der Waals surface area contributed by atoms with E-state index in [1.807, 2.05) is 13.8 Å². The molecule has 0 spiro atoms. The topological polar surface area (TPSA) is 672 Å². The summed E-state index contributed by atoms with van der Waals surface area (Å²) in [6.45, 7) is 2.38. The number of hydrogen-bond donors (Lipinski definition) is 20. The largest absolute Gasteiger partial charge is 0.508 e. The number of fused-ring (bicyclic) bond motifs is 4. The Hall–Kier alpha value is -12.8. The number of aliphatic hydroxyl groups excluding tert-OH is 1. The normalized spacial score (nSPS) is 25.2. The number of aromatic amines is 2. The molecule has 0 aliphatic carbocycles. The SMILES string of the molecule is CCCC[C@H]1C(=O)N(C)[C@@H](CCCC)C(=O)N[C@@H](CCN)C(=O)N[C@H](C(=O)NCC(N)=O)CSCC(=O)N[C@@H](Cc2ccc(O)cc2)C(=O)N(C)[C@@H](C)C(=O)N[C@@H](CC(N)=O)C(=O)N2CCC[C@H]2C(=O)N[C@@H](CN)C(=O)N[C@@H](CCC(N)=O)C(=O)N2C[C@H](O)C[C@H]2C(=O)N[C@@H](Cc2c[nH]c3ccccc23)C(=O)N[C@@H](CCN)C(=O)N[C@@H](Cc2c[nH]c3ccccc23)C(=O)N1C. The van der Waals surface area contributed by atoms with Crippen LogP contribution in [0.15, 0.2) is 85.2 Å². The van der Waals surface area contributed by atoms with E-state index in [0.29, 0.717) is 64.2 Å². The molecule has 708 valence electrons. The second-order valence-electron chi connectivity index (χ2n) is 32.8. The highest BCUT2D eigenvalue weighted by atomic mass is 32.2. The lowest BCUT2D eigenvalue weighted by Crippen LogP contribution is -2.61. The van der Waals surface area contributed by atoms with Crippen LogP contribution >= 0.6 is 11.8 Å². The number of H-pyrrole nitrogens is 2. The molecule has 8 rings (SSSR count). The molecule has 0 saturated carbocycles. The molecule has 5 aromatic rings. The molecule has 0 bridgehead atoms. The molecule has 15 atom stereocenters. The van der Waals surface area contributed by atoms with E-state index in [9.17, 15) is 63.0 Å². The van der Waals surface area contributed by atoms with Gasteiger partial charge in [0.05, 0.1) is 24.8 Å². The van der Waals surface area contributed by atoms with Crippen molar-refractivity contribution in [3.8, 4) is 5.75 Å². The van der Waals surface area contributed by atoms with Gasteiger partial charge in [0.1, 0.15) is 90.3 Å². The van der Waals surface area contributed by atoms with E-state index in [0.717, 1.165) is 31.4 Å². The number of unbranched alkanes of at least 4 members (excludes halogenated alkanes) is 2. The highest BCUT2D eigenvalue weighted by molar-refractivity contribution is 8.00. The van der Waals surface area contributed by atoms with Crippen LogP contribution in [-0.4, -0.2) is 314 Å². The van der Waals surface area contributed by atoms with Crippen molar-refractivity contribution in [2.75, 3.05) is 71.9 Å². The fourth-order valence-electron chi connectivity index (χ4n) is 15.9. The van der Waals surface area contributed by atoms with Gasteiger partial charge in [-0.15, -0.1) is 11.8 Å². The number of aromatic hydroxyl groups is 1. The maximum absolute atomic E-state index is 15.7. The predicted octanol–water partition coefficient (Wildman–Crippen LogP) is -5.27. The maximum atomic E-state index is 15.7. The highest BCUT2D eigenvalue weighted by Gasteiger charge is 2.47. The van der Waals surface area contributed by atoms with Gasteiger partial charge in [0, 0.05) is 113 Å². The first-order valence-electron chi connectivity index (χ1n) is 43.4. The van der Waals surface area contributed by atoms with E-state index < -0.39 is 254 Å². The number of benzene rings is 3. The standard InChI is InChI=1S/C86H123N23O20S/c1-7-9-20-65-79(122)98-57(30-32-88)76(119)104-64(74(117)95-42-71(92)114)44-130-45-72(115)96-60(34-47-23-25-50(110)26-24-47)82(125)105(4)46(3)73(116)101-62(38-70(91)113)85(128)108-33-15-22-66(108)80(123)103-63(39-89)78(121)99-58(27-28-69(90)112)84(127)109-43-51(111)37-68(109)81(124)100-59(35-48-40-93-54-18-13-11-16-52(48)54)77(120)97-56(29-31-87)75(118)102-61(36-49-41-94-55-19-14-12-17-53(49)55)83(126)107(6)67(21-10-8-2)86(129)106(65)5/h11-14,16-19,23-26,40-41,46,51,56-68,93-94,110-111H,7-10,15,20-22,27-39,42-45,87-89H2,1-6H3,(H2,90,112)(H2,91,113)(H2,92,114)(H,95,117)(H,96,115)(H,97,120)(H,98,122)(H,99,121)(H,100,124)(H,101,116)(H,102,118)(H,103,123)(H,104,119)/t46-,51+,56-,57-,58-,59-,60-,61-,62-,63-,64-,65-,66-,67-,68-/m0/s1. The number of amides is 18. The van der Waals surface area contributed by atoms with Gasteiger partial charge in [-0.1, -0.05) is 88.1 Å². The van der Waals surface area contributed by atoms with Crippen molar-refractivity contribution in [2.45, 2.75) is 221 Å². The third kappa shape index (κ3) is 28.1. The quantitative estimate of drug-likeness (QED) is 0.0260. The van der Waals surface area contributed by atoms with Crippen molar-refractivity contribution in [1.29, 1.82) is 0 Å². The molecule has 3 fully saturated rings. The Balaban J connectivity index is 1.18. The predicted molar refractivity (Wildman–Crippen MR) is 477 cm³/mol. The first kappa shape index (κ1) is 103. The Morgan fingerprint density at radius 1 is 0.492 bits per heavy atom. The Bertz CT molecular complexity index is 4900. The minimum atomic E-state index is -1.80. The molecular formula is C86H123N23O20S. The zero-order chi connectivity index (χ0) is 95.3. The van der Waals surface area contributed by atoms with Crippen molar-refractivity contribution in [3.05, 3.63) is 102 Å². The maximum Gasteiger partial charge on any atom is 0.246 e. The number of aromatic nitrogens is 2. The Kier molecular flexibility index (Phi) is 38.7. The van der Waals surface area contributed by atoms with Crippen LogP contribution in [-0.2, 0) is 106 Å². The van der Waals surface area contributed by atoms with Crippen LogP contribution in [0.1, 0.15) is 127 Å². The molecule has 26 N–H and O–H groups in total. The smallest absolute Gasteiger partial charge is 0.246 e. The van der Waals surface area contributed by atoms with Gasteiger partial charge in [0.25, 0.3) is 0 Å². The summed E-state index contributed by atoms with van der Waals surface area (Å²) in [4.78, 5) is 272. The Labute approximate surface area is 755 Å². The van der Waals surface area contributed by atoms with Crippen LogP contribution in [0.3, 0.4) is 0 Å². The third-order valence-electron chi connectivity index (χ3n) is 23.3. The molecule has 44 heteroatoms. The van der Waals surface area contributed by atoms with Gasteiger partial charge in [0.15, 0.2) is 0 Å². The number of phenols is 1. The zero-order valence-electron chi connectivity index (χ0n) is 73.8. The molecule has 0 unspecified atom stereocenters. The summed E-state index contributed by atoms with van der Waals surface area (Å²) >= 11 is 0.764. The van der Waals surface area contributed by atoms with Crippen molar-refractivity contribution in [1.82, 2.24) is 87.6 Å². The lowest BCUT2D eigenvalue weighted by Gasteiger charge is -2.36. The van der Waals surface area contributed by atoms with E-state index in [2.05, 4.69) is 63.1 Å².